The van der Waals surface area contributed by atoms with E-state index in [1.807, 2.05) is 0 Å². The van der Waals surface area contributed by atoms with E-state index in [1.54, 1.807) is 0 Å². The molecule has 1 atom stereocenters. The molecule has 1 aliphatic rings. The van der Waals surface area contributed by atoms with Crippen LogP contribution in [0.5, 0.6) is 0 Å². The first kappa shape index (κ1) is 10.4. The minimum atomic E-state index is -1.29. The lowest BCUT2D eigenvalue weighted by atomic mass is 10.4. The van der Waals surface area contributed by atoms with Crippen LogP contribution in [0, 0.1) is 0 Å². The monoisotopic (exact) mass is 204 g/mol. The Kier molecular flexibility index (Phi) is 3.96. The Morgan fingerprint density at radius 3 is 2.58 bits per heavy atom. The van der Waals surface area contributed by atoms with Crippen molar-refractivity contribution in [1.29, 1.82) is 0 Å². The molecule has 0 aromatic carbocycles. The average Bonchev–Trinajstić information content (AvgIpc) is 2.02. The Morgan fingerprint density at radius 1 is 1.33 bits per heavy atom. The molecule has 0 amide bonds. The molecule has 1 unspecified atom stereocenters. The van der Waals surface area contributed by atoms with Crippen molar-refractivity contribution < 1.29 is 8.85 Å². The molecule has 0 aromatic rings. The molecular formula is C8H20O2Si2. The molecule has 1 aliphatic heterocycles. The van der Waals surface area contributed by atoms with Crippen LogP contribution >= 0.6 is 0 Å². The van der Waals surface area contributed by atoms with Gasteiger partial charge in [-0.3, -0.25) is 0 Å². The van der Waals surface area contributed by atoms with Crippen LogP contribution in [-0.2, 0) is 8.85 Å². The van der Waals surface area contributed by atoms with E-state index < -0.39 is 17.4 Å². The van der Waals surface area contributed by atoms with E-state index in [2.05, 4.69) is 19.6 Å². The van der Waals surface area contributed by atoms with Gasteiger partial charge < -0.3 is 8.85 Å². The highest BCUT2D eigenvalue weighted by atomic mass is 28.4. The maximum absolute atomic E-state index is 5.84. The minimum absolute atomic E-state index is 0.913. The second kappa shape index (κ2) is 4.55. The Morgan fingerprint density at radius 2 is 2.08 bits per heavy atom. The van der Waals surface area contributed by atoms with Crippen LogP contribution < -0.4 is 0 Å². The van der Waals surface area contributed by atoms with Crippen LogP contribution in [0.2, 0.25) is 25.7 Å². The van der Waals surface area contributed by atoms with Gasteiger partial charge >= 0.3 is 0 Å². The lowest BCUT2D eigenvalue weighted by molar-refractivity contribution is 0.256. The van der Waals surface area contributed by atoms with E-state index in [9.17, 15) is 0 Å². The van der Waals surface area contributed by atoms with Crippen LogP contribution in [0.1, 0.15) is 12.8 Å². The number of rotatable bonds is 3. The van der Waals surface area contributed by atoms with Crippen LogP contribution in [0.15, 0.2) is 0 Å². The highest BCUT2D eigenvalue weighted by Crippen LogP contribution is 2.12. The minimum Gasteiger partial charge on any atom is -0.418 e. The standard InChI is InChI=1S/C8H20O2Si2/c1-12(2,3)10-8-11-7-5-4-6-9-11/h11H,4-8H2,1-3H3. The summed E-state index contributed by atoms with van der Waals surface area (Å²) in [6.07, 6.45) is 3.58. The predicted molar refractivity (Wildman–Crippen MR) is 56.4 cm³/mol. The Hall–Kier alpha value is 0.354. The van der Waals surface area contributed by atoms with Crippen molar-refractivity contribution in [3.8, 4) is 0 Å². The summed E-state index contributed by atoms with van der Waals surface area (Å²) in [5.41, 5.74) is 0. The van der Waals surface area contributed by atoms with Gasteiger partial charge in [-0.1, -0.05) is 6.42 Å². The summed E-state index contributed by atoms with van der Waals surface area (Å²) < 4.78 is 11.6. The summed E-state index contributed by atoms with van der Waals surface area (Å²) in [6.45, 7) is 7.71. The first-order valence-electron chi connectivity index (χ1n) is 4.83. The first-order chi connectivity index (χ1) is 5.58. The SMILES string of the molecule is C[Si](C)(C)OC[SiH]1CCCCO1. The fraction of sp³-hybridized carbons (Fsp3) is 1.00. The molecule has 0 N–H and O–H groups in total. The molecule has 0 saturated carbocycles. The zero-order valence-corrected chi connectivity index (χ0v) is 10.6. The average molecular weight is 204 g/mol. The molecule has 1 saturated heterocycles. The Balaban J connectivity index is 2.13. The highest BCUT2D eigenvalue weighted by molar-refractivity contribution is 6.70. The van der Waals surface area contributed by atoms with Crippen LogP contribution in [0.4, 0.5) is 0 Å². The van der Waals surface area contributed by atoms with Gasteiger partial charge in [-0.15, -0.1) is 0 Å². The fourth-order valence-electron chi connectivity index (χ4n) is 1.28. The van der Waals surface area contributed by atoms with Crippen molar-refractivity contribution in [2.75, 3.05) is 12.8 Å². The Labute approximate surface area is 78.1 Å². The highest BCUT2D eigenvalue weighted by Gasteiger charge is 2.21. The summed E-state index contributed by atoms with van der Waals surface area (Å²) >= 11 is 0. The van der Waals surface area contributed by atoms with Gasteiger partial charge in [-0.25, -0.2) is 0 Å². The van der Waals surface area contributed by atoms with Gasteiger partial charge in [0.15, 0.2) is 8.32 Å². The molecule has 0 aliphatic carbocycles. The van der Waals surface area contributed by atoms with Gasteiger partial charge in [0.1, 0.15) is 0 Å². The van der Waals surface area contributed by atoms with Gasteiger partial charge in [0.2, 0.25) is 9.04 Å². The molecule has 0 aromatic heterocycles. The third-order valence-electron chi connectivity index (χ3n) is 1.98. The quantitative estimate of drug-likeness (QED) is 0.654. The van der Waals surface area contributed by atoms with Crippen LogP contribution in [0.25, 0.3) is 0 Å². The Bertz CT molecular complexity index is 128. The topological polar surface area (TPSA) is 18.5 Å². The summed E-state index contributed by atoms with van der Waals surface area (Å²) in [7, 11) is -2.20. The second-order valence-electron chi connectivity index (χ2n) is 4.41. The molecule has 0 spiro atoms. The van der Waals surface area contributed by atoms with Crippen molar-refractivity contribution in [3.05, 3.63) is 0 Å². The van der Waals surface area contributed by atoms with Crippen molar-refractivity contribution in [3.63, 3.8) is 0 Å². The number of hydrogen-bond acceptors (Lipinski definition) is 2. The molecule has 1 heterocycles. The lowest BCUT2D eigenvalue weighted by Gasteiger charge is -2.25. The van der Waals surface area contributed by atoms with Gasteiger partial charge in [0.05, 0.1) is 6.23 Å². The summed E-state index contributed by atoms with van der Waals surface area (Å²) in [6, 6.07) is 1.32. The maximum Gasteiger partial charge on any atom is 0.200 e. The molecule has 4 heteroatoms. The van der Waals surface area contributed by atoms with Gasteiger partial charge in [-0.05, 0) is 32.1 Å². The lowest BCUT2D eigenvalue weighted by Crippen LogP contribution is -2.35. The zero-order valence-electron chi connectivity index (χ0n) is 8.43. The van der Waals surface area contributed by atoms with Crippen LogP contribution in [0.3, 0.4) is 0 Å². The molecular weight excluding hydrogens is 184 g/mol. The van der Waals surface area contributed by atoms with Crippen molar-refractivity contribution >= 4 is 17.4 Å². The molecule has 1 fully saturated rings. The molecule has 2 nitrogen and oxygen atoms in total. The third kappa shape index (κ3) is 4.40. The maximum atomic E-state index is 5.84. The van der Waals surface area contributed by atoms with Gasteiger partial charge in [0, 0.05) is 6.61 Å². The smallest absolute Gasteiger partial charge is 0.200 e. The third-order valence-corrected chi connectivity index (χ3v) is 5.64. The molecule has 0 radical (unpaired) electrons. The van der Waals surface area contributed by atoms with E-state index in [0.29, 0.717) is 0 Å². The summed E-state index contributed by atoms with van der Waals surface area (Å²) in [5.74, 6) is 0. The van der Waals surface area contributed by atoms with E-state index in [-0.39, 0.29) is 0 Å². The molecule has 1 rings (SSSR count). The van der Waals surface area contributed by atoms with Crippen molar-refractivity contribution in [1.82, 2.24) is 0 Å². The van der Waals surface area contributed by atoms with Gasteiger partial charge in [0.25, 0.3) is 0 Å². The van der Waals surface area contributed by atoms with E-state index in [1.165, 1.54) is 18.9 Å². The second-order valence-corrected chi connectivity index (χ2v) is 11.4. The van der Waals surface area contributed by atoms with Crippen molar-refractivity contribution in [2.45, 2.75) is 38.5 Å². The predicted octanol–water partition coefficient (Wildman–Crippen LogP) is 1.91. The first-order valence-corrected chi connectivity index (χ1v) is 10.3. The van der Waals surface area contributed by atoms with E-state index in [4.69, 9.17) is 8.85 Å². The van der Waals surface area contributed by atoms with Crippen molar-refractivity contribution in [2.24, 2.45) is 0 Å². The normalized spacial score (nSPS) is 25.8. The number of hydrogen-bond donors (Lipinski definition) is 0. The zero-order chi connectivity index (χ0) is 9.03. The summed E-state index contributed by atoms with van der Waals surface area (Å²) in [5, 5.41) is 0. The van der Waals surface area contributed by atoms with Crippen LogP contribution in [-0.4, -0.2) is 30.2 Å². The fourth-order valence-corrected chi connectivity index (χ4v) is 5.70. The van der Waals surface area contributed by atoms with E-state index in [0.717, 1.165) is 12.8 Å². The van der Waals surface area contributed by atoms with E-state index >= 15 is 0 Å². The molecule has 12 heavy (non-hydrogen) atoms. The molecule has 72 valence electrons. The summed E-state index contributed by atoms with van der Waals surface area (Å²) in [4.78, 5) is 0. The van der Waals surface area contributed by atoms with Gasteiger partial charge in [-0.2, -0.15) is 0 Å². The largest absolute Gasteiger partial charge is 0.418 e. The molecule has 0 bridgehead atoms.